The quantitative estimate of drug-likeness (QED) is 0.331. The molecule has 0 aliphatic rings. The number of rotatable bonds is 13. The van der Waals surface area contributed by atoms with Crippen molar-refractivity contribution in [3.63, 3.8) is 0 Å². The number of carbonyl (C=O) groups excluding carboxylic acids is 1. The second-order valence-electron chi connectivity index (χ2n) is 7.09. The van der Waals surface area contributed by atoms with Crippen LogP contribution in [0.25, 0.3) is 0 Å². The van der Waals surface area contributed by atoms with Crippen molar-refractivity contribution in [3.05, 3.63) is 0 Å². The monoisotopic (exact) mass is 356 g/mol. The summed E-state index contributed by atoms with van der Waals surface area (Å²) in [5.41, 5.74) is -1.31. The molecule has 0 heterocycles. The van der Waals surface area contributed by atoms with Crippen molar-refractivity contribution < 1.29 is 18.0 Å². The molecule has 140 valence electrons. The molecule has 0 radical (unpaired) electrons. The summed E-state index contributed by atoms with van der Waals surface area (Å²) in [4.78, 5) is 12.8. The fourth-order valence-electron chi connectivity index (χ4n) is 3.73. The zero-order valence-electron chi connectivity index (χ0n) is 15.5. The van der Waals surface area contributed by atoms with Crippen LogP contribution < -0.4 is 0 Å². The molecule has 0 unspecified atom stereocenters. The molecular weight excluding hydrogens is 320 g/mol. The van der Waals surface area contributed by atoms with E-state index in [-0.39, 0.29) is 0 Å². The maximum atomic E-state index is 13.6. The van der Waals surface area contributed by atoms with E-state index >= 15 is 0 Å². The van der Waals surface area contributed by atoms with Gasteiger partial charge < -0.3 is 0 Å². The van der Waals surface area contributed by atoms with Crippen LogP contribution >= 0.6 is 6.60 Å². The van der Waals surface area contributed by atoms with Gasteiger partial charge in [0.05, 0.1) is 0 Å². The Labute approximate surface area is 140 Å². The third kappa shape index (κ3) is 6.03. The predicted molar refractivity (Wildman–Crippen MR) is 97.1 cm³/mol. The van der Waals surface area contributed by atoms with Gasteiger partial charge in [0.15, 0.2) is 0 Å². The maximum absolute atomic E-state index is 13.6. The third-order valence-electron chi connectivity index (χ3n) is 5.21. The Kier molecular flexibility index (Phi) is 9.96. The van der Waals surface area contributed by atoms with Gasteiger partial charge in [0, 0.05) is 0 Å². The summed E-state index contributed by atoms with van der Waals surface area (Å²) in [5.74, 6) is 0. The Morgan fingerprint density at radius 3 is 1.13 bits per heavy atom. The Morgan fingerprint density at radius 2 is 0.957 bits per heavy atom. The SMILES string of the molecule is CCCCP(CCCC)(CCCC)(CCCC)C(=O)C(F)(F)F. The van der Waals surface area contributed by atoms with Gasteiger partial charge in [-0.1, -0.05) is 0 Å². The minimum atomic E-state index is -4.68. The Balaban J connectivity index is 6.04. The van der Waals surface area contributed by atoms with Gasteiger partial charge in [-0.3, -0.25) is 0 Å². The fourth-order valence-corrected chi connectivity index (χ4v) is 11.2. The van der Waals surface area contributed by atoms with Crippen molar-refractivity contribution in [3.8, 4) is 0 Å². The topological polar surface area (TPSA) is 17.1 Å². The van der Waals surface area contributed by atoms with E-state index in [4.69, 9.17) is 0 Å². The Bertz CT molecular complexity index is 309. The molecule has 0 saturated carbocycles. The van der Waals surface area contributed by atoms with E-state index in [9.17, 15) is 18.0 Å². The standard InChI is InChI=1S/C18H36F3OP/c1-5-9-13-23(14-10-6-2,15-11-7-3,16-12-8-4)17(22)18(19,20)21/h5-16H2,1-4H3. The fraction of sp³-hybridized carbons (Fsp3) is 0.944. The third-order valence-corrected chi connectivity index (χ3v) is 12.6. The average molecular weight is 356 g/mol. The second-order valence-corrected chi connectivity index (χ2v) is 13.2. The average Bonchev–Trinajstić information content (AvgIpc) is 2.52. The summed E-state index contributed by atoms with van der Waals surface area (Å²) in [7, 11) is 0. The first-order chi connectivity index (χ1) is 10.7. The summed E-state index contributed by atoms with van der Waals surface area (Å²) in [5, 5.41) is 0. The summed E-state index contributed by atoms with van der Waals surface area (Å²) >= 11 is 0. The van der Waals surface area contributed by atoms with E-state index in [0.29, 0.717) is 24.6 Å². The predicted octanol–water partition coefficient (Wildman–Crippen LogP) is 6.83. The van der Waals surface area contributed by atoms with E-state index in [0.717, 1.165) is 51.4 Å². The summed E-state index contributed by atoms with van der Waals surface area (Å²) in [6.07, 6.45) is 3.78. The van der Waals surface area contributed by atoms with Crippen LogP contribution in [0.1, 0.15) is 79.1 Å². The molecule has 5 heteroatoms. The van der Waals surface area contributed by atoms with Gasteiger partial charge in [-0.15, -0.1) is 0 Å². The van der Waals surface area contributed by atoms with Crippen LogP contribution in [0.2, 0.25) is 0 Å². The van der Waals surface area contributed by atoms with Gasteiger partial charge in [0.2, 0.25) is 0 Å². The molecule has 0 bridgehead atoms. The molecule has 0 aliphatic carbocycles. The van der Waals surface area contributed by atoms with Gasteiger partial charge in [0.1, 0.15) is 0 Å². The second kappa shape index (κ2) is 10.0. The van der Waals surface area contributed by atoms with Gasteiger partial charge >= 0.3 is 140 Å². The normalized spacial score (nSPS) is 14.5. The number of alkyl halides is 3. The molecule has 0 atom stereocenters. The molecule has 0 aromatic carbocycles. The molecule has 0 aromatic heterocycles. The molecule has 0 spiro atoms. The van der Waals surface area contributed by atoms with Gasteiger partial charge in [0.25, 0.3) is 0 Å². The van der Waals surface area contributed by atoms with E-state index in [1.54, 1.807) is 0 Å². The van der Waals surface area contributed by atoms with Gasteiger partial charge in [-0.2, -0.15) is 0 Å². The van der Waals surface area contributed by atoms with Crippen molar-refractivity contribution in [2.24, 2.45) is 0 Å². The number of hydrogen-bond acceptors (Lipinski definition) is 1. The molecular formula is C18H36F3OP. The van der Waals surface area contributed by atoms with Crippen molar-refractivity contribution in [1.29, 1.82) is 0 Å². The first-order valence-corrected chi connectivity index (χ1v) is 12.3. The number of unbranched alkanes of at least 4 members (excludes halogenated alkanes) is 4. The van der Waals surface area contributed by atoms with Crippen molar-refractivity contribution in [1.82, 2.24) is 0 Å². The Hall–Kier alpha value is -0.110. The molecule has 1 nitrogen and oxygen atoms in total. The summed E-state index contributed by atoms with van der Waals surface area (Å²) in [6, 6.07) is 0. The van der Waals surface area contributed by atoms with Crippen LogP contribution in [0.15, 0.2) is 0 Å². The van der Waals surface area contributed by atoms with Crippen LogP contribution in [-0.2, 0) is 4.79 Å². The Morgan fingerprint density at radius 1 is 0.696 bits per heavy atom. The zero-order chi connectivity index (χ0) is 18.0. The first-order valence-electron chi connectivity index (χ1n) is 9.34. The first kappa shape index (κ1) is 22.9. The van der Waals surface area contributed by atoms with Crippen LogP contribution in [-0.4, -0.2) is 36.3 Å². The number of halogens is 3. The minimum absolute atomic E-state index is 0.514. The molecule has 0 N–H and O–H groups in total. The molecule has 0 rings (SSSR count). The molecule has 0 fully saturated rings. The van der Waals surface area contributed by atoms with Gasteiger partial charge in [-0.25, -0.2) is 0 Å². The van der Waals surface area contributed by atoms with Crippen LogP contribution in [0, 0.1) is 0 Å². The summed E-state index contributed by atoms with van der Waals surface area (Å²) < 4.78 is 40.7. The van der Waals surface area contributed by atoms with Gasteiger partial charge in [-0.05, 0) is 0 Å². The molecule has 0 amide bonds. The summed E-state index contributed by atoms with van der Waals surface area (Å²) in [6.45, 7) is 4.58. The van der Waals surface area contributed by atoms with E-state index in [1.165, 1.54) is 0 Å². The molecule has 0 saturated heterocycles. The van der Waals surface area contributed by atoms with Crippen molar-refractivity contribution >= 4 is 12.1 Å². The molecule has 23 heavy (non-hydrogen) atoms. The molecule has 0 aromatic rings. The van der Waals surface area contributed by atoms with Crippen LogP contribution in [0.4, 0.5) is 13.2 Å². The van der Waals surface area contributed by atoms with E-state index in [2.05, 4.69) is 0 Å². The van der Waals surface area contributed by atoms with Crippen molar-refractivity contribution in [2.45, 2.75) is 85.2 Å². The number of carbonyl (C=O) groups is 1. The van der Waals surface area contributed by atoms with Crippen LogP contribution in [0.3, 0.4) is 0 Å². The van der Waals surface area contributed by atoms with Crippen molar-refractivity contribution in [2.75, 3.05) is 24.6 Å². The van der Waals surface area contributed by atoms with Crippen LogP contribution in [0.5, 0.6) is 0 Å². The van der Waals surface area contributed by atoms with E-state index in [1.807, 2.05) is 27.7 Å². The number of hydrogen-bond donors (Lipinski definition) is 0. The molecule has 0 aliphatic heterocycles. The zero-order valence-corrected chi connectivity index (χ0v) is 16.4. The van der Waals surface area contributed by atoms with E-state index < -0.39 is 18.3 Å².